The second kappa shape index (κ2) is 5.30. The lowest BCUT2D eigenvalue weighted by molar-refractivity contribution is -0.144. The van der Waals surface area contributed by atoms with Crippen molar-refractivity contribution in [1.82, 2.24) is 9.88 Å². The molecule has 1 aromatic heterocycles. The molecule has 122 valence electrons. The maximum absolute atomic E-state index is 12.4. The number of H-pyrrole nitrogens is 1. The van der Waals surface area contributed by atoms with Crippen LogP contribution >= 0.6 is 0 Å². The lowest BCUT2D eigenvalue weighted by atomic mass is 9.97. The van der Waals surface area contributed by atoms with E-state index in [4.69, 9.17) is 4.74 Å². The van der Waals surface area contributed by atoms with Gasteiger partial charge >= 0.3 is 12.1 Å². The quantitative estimate of drug-likeness (QED) is 0.847. The van der Waals surface area contributed by atoms with Gasteiger partial charge in [-0.05, 0) is 38.8 Å². The number of carboxylic acid groups (broad SMARTS) is 1. The molecule has 0 spiro atoms. The number of ether oxygens (including phenoxy) is 1. The van der Waals surface area contributed by atoms with Crippen LogP contribution in [0.2, 0.25) is 0 Å². The SMILES string of the molecule is CC(C)(C)OC(=O)N1CCc2c([nH]c3ccccc23)C1C(=O)O. The lowest BCUT2D eigenvalue weighted by Crippen LogP contribution is -2.45. The molecule has 0 fully saturated rings. The molecule has 6 heteroatoms. The van der Waals surface area contributed by atoms with E-state index in [-0.39, 0.29) is 0 Å². The number of amides is 1. The van der Waals surface area contributed by atoms with Crippen molar-refractivity contribution < 1.29 is 19.4 Å². The van der Waals surface area contributed by atoms with Gasteiger partial charge in [-0.2, -0.15) is 0 Å². The van der Waals surface area contributed by atoms with Crippen molar-refractivity contribution in [3.05, 3.63) is 35.5 Å². The molecule has 2 heterocycles. The number of fused-ring (bicyclic) bond motifs is 3. The smallest absolute Gasteiger partial charge is 0.411 e. The van der Waals surface area contributed by atoms with Crippen LogP contribution < -0.4 is 0 Å². The number of nitrogens with zero attached hydrogens (tertiary/aromatic N) is 1. The molecule has 0 aliphatic carbocycles. The number of carbonyl (C=O) groups is 2. The van der Waals surface area contributed by atoms with Gasteiger partial charge in [-0.25, -0.2) is 9.59 Å². The molecule has 6 nitrogen and oxygen atoms in total. The molecule has 0 radical (unpaired) electrons. The number of para-hydroxylation sites is 1. The van der Waals surface area contributed by atoms with Gasteiger partial charge in [-0.1, -0.05) is 18.2 Å². The third-order valence-corrected chi connectivity index (χ3v) is 3.90. The molecule has 23 heavy (non-hydrogen) atoms. The highest BCUT2D eigenvalue weighted by Crippen LogP contribution is 2.35. The van der Waals surface area contributed by atoms with Crippen LogP contribution in [0.3, 0.4) is 0 Å². The summed E-state index contributed by atoms with van der Waals surface area (Å²) in [5.41, 5.74) is 1.75. The summed E-state index contributed by atoms with van der Waals surface area (Å²) in [7, 11) is 0. The van der Waals surface area contributed by atoms with Gasteiger partial charge in [-0.3, -0.25) is 4.90 Å². The summed E-state index contributed by atoms with van der Waals surface area (Å²) < 4.78 is 5.36. The zero-order valence-electron chi connectivity index (χ0n) is 13.4. The number of hydrogen-bond donors (Lipinski definition) is 2. The first-order valence-electron chi connectivity index (χ1n) is 7.60. The molecule has 2 aromatic rings. The van der Waals surface area contributed by atoms with Crippen LogP contribution in [0.15, 0.2) is 24.3 Å². The number of aliphatic carboxylic acids is 1. The van der Waals surface area contributed by atoms with Gasteiger partial charge < -0.3 is 14.8 Å². The summed E-state index contributed by atoms with van der Waals surface area (Å²) in [6.45, 7) is 5.61. The van der Waals surface area contributed by atoms with Crippen molar-refractivity contribution in [2.75, 3.05) is 6.54 Å². The van der Waals surface area contributed by atoms with Crippen LogP contribution in [-0.4, -0.2) is 39.2 Å². The van der Waals surface area contributed by atoms with E-state index in [1.165, 1.54) is 4.90 Å². The van der Waals surface area contributed by atoms with Crippen molar-refractivity contribution in [3.63, 3.8) is 0 Å². The molecule has 0 saturated heterocycles. The second-order valence-corrected chi connectivity index (χ2v) is 6.73. The average molecular weight is 316 g/mol. The summed E-state index contributed by atoms with van der Waals surface area (Å²) in [6.07, 6.45) is -0.00301. The van der Waals surface area contributed by atoms with Crippen molar-refractivity contribution in [2.24, 2.45) is 0 Å². The number of benzene rings is 1. The minimum atomic E-state index is -1.07. The Hall–Kier alpha value is -2.50. The third kappa shape index (κ3) is 2.76. The largest absolute Gasteiger partial charge is 0.479 e. The van der Waals surface area contributed by atoms with E-state index in [1.807, 2.05) is 24.3 Å². The third-order valence-electron chi connectivity index (χ3n) is 3.90. The first-order chi connectivity index (χ1) is 10.8. The minimum Gasteiger partial charge on any atom is -0.479 e. The highest BCUT2D eigenvalue weighted by Gasteiger charge is 2.39. The normalized spacial score (nSPS) is 17.9. The number of rotatable bonds is 1. The van der Waals surface area contributed by atoms with Crippen LogP contribution in [0.1, 0.15) is 38.1 Å². The molecule has 1 unspecified atom stereocenters. The van der Waals surface area contributed by atoms with Crippen LogP contribution in [0.5, 0.6) is 0 Å². The molecular weight excluding hydrogens is 296 g/mol. The van der Waals surface area contributed by atoms with E-state index in [9.17, 15) is 14.7 Å². The maximum Gasteiger partial charge on any atom is 0.411 e. The van der Waals surface area contributed by atoms with Crippen molar-refractivity contribution in [2.45, 2.75) is 38.8 Å². The van der Waals surface area contributed by atoms with Crippen molar-refractivity contribution in [1.29, 1.82) is 0 Å². The summed E-state index contributed by atoms with van der Waals surface area (Å²) in [4.78, 5) is 28.6. The standard InChI is InChI=1S/C17H20N2O4/c1-17(2,3)23-16(22)19-9-8-11-10-6-4-5-7-12(10)18-13(11)14(19)15(20)21/h4-7,14,18H,8-9H2,1-3H3,(H,20,21). The van der Waals surface area contributed by atoms with Crippen LogP contribution in [0.25, 0.3) is 10.9 Å². The topological polar surface area (TPSA) is 82.6 Å². The van der Waals surface area contributed by atoms with Gasteiger partial charge in [0.15, 0.2) is 6.04 Å². The first-order valence-corrected chi connectivity index (χ1v) is 7.60. The Bertz CT molecular complexity index is 772. The molecule has 1 aliphatic heterocycles. The highest BCUT2D eigenvalue weighted by atomic mass is 16.6. The number of hydrogen-bond acceptors (Lipinski definition) is 3. The Morgan fingerprint density at radius 1 is 1.30 bits per heavy atom. The molecule has 1 aromatic carbocycles. The Labute approximate surface area is 134 Å². The van der Waals surface area contributed by atoms with E-state index < -0.39 is 23.7 Å². The Morgan fingerprint density at radius 2 is 2.00 bits per heavy atom. The fourth-order valence-corrected chi connectivity index (χ4v) is 3.01. The number of nitrogens with one attached hydrogen (secondary N) is 1. The minimum absolute atomic E-state index is 0.320. The number of carbonyl (C=O) groups excluding carboxylic acids is 1. The zero-order valence-corrected chi connectivity index (χ0v) is 13.4. The Kier molecular flexibility index (Phi) is 3.55. The van der Waals surface area contributed by atoms with Crippen LogP contribution in [0, 0.1) is 0 Å². The van der Waals surface area contributed by atoms with E-state index >= 15 is 0 Å². The Balaban J connectivity index is 2.03. The predicted octanol–water partition coefficient (Wildman–Crippen LogP) is 3.09. The van der Waals surface area contributed by atoms with E-state index in [1.54, 1.807) is 20.8 Å². The van der Waals surface area contributed by atoms with Crippen molar-refractivity contribution >= 4 is 23.0 Å². The highest BCUT2D eigenvalue weighted by molar-refractivity contribution is 5.90. The first kappa shape index (κ1) is 15.4. The molecule has 1 atom stereocenters. The average Bonchev–Trinajstić information content (AvgIpc) is 2.82. The maximum atomic E-state index is 12.4. The van der Waals surface area contributed by atoms with E-state index in [0.29, 0.717) is 18.7 Å². The van der Waals surface area contributed by atoms with Crippen LogP contribution in [-0.2, 0) is 16.0 Å². The molecule has 1 aliphatic rings. The van der Waals surface area contributed by atoms with Gasteiger partial charge in [-0.15, -0.1) is 0 Å². The molecule has 1 amide bonds. The molecule has 2 N–H and O–H groups in total. The molecule has 0 bridgehead atoms. The molecule has 3 rings (SSSR count). The van der Waals surface area contributed by atoms with Gasteiger partial charge in [0.25, 0.3) is 0 Å². The summed E-state index contributed by atoms with van der Waals surface area (Å²) in [5, 5.41) is 10.7. The zero-order chi connectivity index (χ0) is 16.8. The summed E-state index contributed by atoms with van der Waals surface area (Å²) in [5.74, 6) is -1.07. The number of aromatic nitrogens is 1. The van der Waals surface area contributed by atoms with Crippen molar-refractivity contribution in [3.8, 4) is 0 Å². The fraction of sp³-hybridized carbons (Fsp3) is 0.412. The number of aromatic amines is 1. The van der Waals surface area contributed by atoms with Crippen LogP contribution in [0.4, 0.5) is 4.79 Å². The predicted molar refractivity (Wildman–Crippen MR) is 85.3 cm³/mol. The summed E-state index contributed by atoms with van der Waals surface area (Å²) >= 11 is 0. The monoisotopic (exact) mass is 316 g/mol. The molecular formula is C17H20N2O4. The van der Waals surface area contributed by atoms with Gasteiger partial charge in [0.05, 0.1) is 5.69 Å². The van der Waals surface area contributed by atoms with Gasteiger partial charge in [0.1, 0.15) is 5.60 Å². The molecule has 0 saturated carbocycles. The summed E-state index contributed by atoms with van der Waals surface area (Å²) in [6, 6.07) is 6.64. The van der Waals surface area contributed by atoms with Gasteiger partial charge in [0, 0.05) is 17.4 Å². The van der Waals surface area contributed by atoms with E-state index in [0.717, 1.165) is 16.5 Å². The van der Waals surface area contributed by atoms with E-state index in [2.05, 4.69) is 4.98 Å². The Morgan fingerprint density at radius 3 is 2.65 bits per heavy atom. The number of carboxylic acids is 1. The lowest BCUT2D eigenvalue weighted by Gasteiger charge is -2.34. The second-order valence-electron chi connectivity index (χ2n) is 6.73. The fourth-order valence-electron chi connectivity index (χ4n) is 3.01. The van der Waals surface area contributed by atoms with Gasteiger partial charge in [0.2, 0.25) is 0 Å².